The SMILES string of the molecule is [2H]c1nc(Br)c([2H])c(C([2H])([2H])C([2H])([2H])[2H])c1[2H]. The summed E-state index contributed by atoms with van der Waals surface area (Å²) in [5.41, 5.74) is -0.649. The summed E-state index contributed by atoms with van der Waals surface area (Å²) in [4.78, 5) is 3.49. The molecule has 0 aliphatic carbocycles. The maximum absolute atomic E-state index is 7.57. The minimum absolute atomic E-state index is 0.151. The molecule has 9 heavy (non-hydrogen) atoms. The quantitative estimate of drug-likeness (QED) is 0.625. The Kier molecular flexibility index (Phi) is 0.599. The number of hydrogen-bond donors (Lipinski definition) is 0. The standard InChI is InChI=1S/C7H8BrN/c1-2-6-3-4-9-7(8)5-6/h3-5H,2H2,1H3/i1D3,2D2,3D,4D,5D. The predicted molar refractivity (Wildman–Crippen MR) is 41.3 cm³/mol. The molecule has 0 saturated heterocycles. The Hall–Kier alpha value is -0.370. The lowest BCUT2D eigenvalue weighted by atomic mass is 10.2. The maximum atomic E-state index is 7.57. The molecule has 2 heteroatoms. The van der Waals surface area contributed by atoms with Crippen LogP contribution in [0.25, 0.3) is 0 Å². The molecule has 0 aromatic carbocycles. The highest BCUT2D eigenvalue weighted by atomic mass is 79.9. The van der Waals surface area contributed by atoms with Gasteiger partial charge in [0.1, 0.15) is 4.60 Å². The Morgan fingerprint density at radius 2 is 3.00 bits per heavy atom. The van der Waals surface area contributed by atoms with Gasteiger partial charge in [0, 0.05) is 13.0 Å². The average Bonchev–Trinajstić information content (AvgIpc) is 2.13. The summed E-state index contributed by atoms with van der Waals surface area (Å²) in [5, 5.41) is 0. The van der Waals surface area contributed by atoms with Gasteiger partial charge in [-0.25, -0.2) is 4.98 Å². The van der Waals surface area contributed by atoms with Crippen LogP contribution in [0.2, 0.25) is 0 Å². The molecule has 0 amide bonds. The van der Waals surface area contributed by atoms with Gasteiger partial charge in [0.15, 0.2) is 0 Å². The van der Waals surface area contributed by atoms with Crippen molar-refractivity contribution in [2.75, 3.05) is 0 Å². The van der Waals surface area contributed by atoms with E-state index in [-0.39, 0.29) is 4.60 Å². The molecule has 1 aromatic rings. The molecule has 0 atom stereocenters. The van der Waals surface area contributed by atoms with Crippen LogP contribution in [0, 0.1) is 0 Å². The number of aromatic nitrogens is 1. The van der Waals surface area contributed by atoms with Crippen LogP contribution >= 0.6 is 15.9 Å². The van der Waals surface area contributed by atoms with Gasteiger partial charge in [-0.1, -0.05) is 6.85 Å². The van der Waals surface area contributed by atoms with E-state index in [1.54, 1.807) is 0 Å². The van der Waals surface area contributed by atoms with E-state index in [9.17, 15) is 0 Å². The summed E-state index contributed by atoms with van der Waals surface area (Å²) in [6.07, 6.45) is -3.45. The fraction of sp³-hybridized carbons (Fsp3) is 0.286. The molecule has 48 valence electrons. The summed E-state index contributed by atoms with van der Waals surface area (Å²) in [6, 6.07) is -1.20. The van der Waals surface area contributed by atoms with E-state index in [0.29, 0.717) is 0 Å². The second-order valence-corrected chi connectivity index (χ2v) is 2.02. The molecule has 0 saturated carbocycles. The van der Waals surface area contributed by atoms with Gasteiger partial charge in [-0.3, -0.25) is 0 Å². The van der Waals surface area contributed by atoms with Crippen molar-refractivity contribution in [3.05, 3.63) is 28.4 Å². The van der Waals surface area contributed by atoms with E-state index in [4.69, 9.17) is 11.0 Å². The number of halogens is 1. The van der Waals surface area contributed by atoms with E-state index in [1.165, 1.54) is 0 Å². The van der Waals surface area contributed by atoms with Crippen molar-refractivity contribution in [3.8, 4) is 0 Å². The summed E-state index contributed by atoms with van der Waals surface area (Å²) >= 11 is 2.84. The highest BCUT2D eigenvalue weighted by Gasteiger charge is 1.88. The second-order valence-electron chi connectivity index (χ2n) is 1.26. The van der Waals surface area contributed by atoms with Gasteiger partial charge in [0.2, 0.25) is 0 Å². The Bertz CT molecular complexity index is 428. The van der Waals surface area contributed by atoms with Crippen LogP contribution in [0.5, 0.6) is 0 Å². The van der Waals surface area contributed by atoms with Crippen LogP contribution in [0.15, 0.2) is 22.9 Å². The van der Waals surface area contributed by atoms with Crippen molar-refractivity contribution in [1.82, 2.24) is 4.98 Å². The monoisotopic (exact) mass is 193 g/mol. The van der Waals surface area contributed by atoms with E-state index >= 15 is 0 Å². The van der Waals surface area contributed by atoms with Crippen LogP contribution in [0.4, 0.5) is 0 Å². The second kappa shape index (κ2) is 2.97. The summed E-state index contributed by atoms with van der Waals surface area (Å²) in [6.45, 7) is -3.02. The molecule has 0 fully saturated rings. The zero-order valence-electron chi connectivity index (χ0n) is 12.3. The molecule has 1 heterocycles. The minimum Gasteiger partial charge on any atom is -0.249 e. The van der Waals surface area contributed by atoms with Gasteiger partial charge in [-0.05, 0) is 40.0 Å². The zero-order chi connectivity index (χ0) is 13.6. The molecule has 0 unspecified atom stereocenters. The topological polar surface area (TPSA) is 12.9 Å². The molecule has 0 aliphatic rings. The third kappa shape index (κ3) is 1.79. The van der Waals surface area contributed by atoms with Gasteiger partial charge < -0.3 is 0 Å². The van der Waals surface area contributed by atoms with Crippen molar-refractivity contribution in [2.24, 2.45) is 0 Å². The average molecular weight is 194 g/mol. The summed E-state index contributed by atoms with van der Waals surface area (Å²) in [7, 11) is 0. The predicted octanol–water partition coefficient (Wildman–Crippen LogP) is 2.41. The fourth-order valence-electron chi connectivity index (χ4n) is 0.358. The molecule has 1 rings (SSSR count). The highest BCUT2D eigenvalue weighted by molar-refractivity contribution is 9.10. The molecular weight excluding hydrogens is 178 g/mol. The first-order valence-electron chi connectivity index (χ1n) is 6.14. The number of rotatable bonds is 1. The minimum atomic E-state index is -3.02. The maximum Gasteiger partial charge on any atom is 0.106 e. The Labute approximate surface area is 74.5 Å². The van der Waals surface area contributed by atoms with Crippen LogP contribution in [-0.2, 0) is 6.37 Å². The Balaban J connectivity index is 3.62. The third-order valence-electron chi connectivity index (χ3n) is 0.688. The van der Waals surface area contributed by atoms with Crippen molar-refractivity contribution in [2.45, 2.75) is 13.2 Å². The van der Waals surface area contributed by atoms with Gasteiger partial charge in [0.25, 0.3) is 0 Å². The molecule has 1 aromatic heterocycles. The Morgan fingerprint density at radius 3 is 3.78 bits per heavy atom. The molecule has 0 N–H and O–H groups in total. The summed E-state index contributed by atoms with van der Waals surface area (Å²) < 4.78 is 58.6. The van der Waals surface area contributed by atoms with Crippen LogP contribution in [0.3, 0.4) is 0 Å². The lowest BCUT2D eigenvalue weighted by Crippen LogP contribution is -1.80. The van der Waals surface area contributed by atoms with Crippen molar-refractivity contribution >= 4 is 15.9 Å². The molecular formula is C7H8BrN. The van der Waals surface area contributed by atoms with Crippen molar-refractivity contribution < 1.29 is 11.0 Å². The van der Waals surface area contributed by atoms with Gasteiger partial charge >= 0.3 is 0 Å². The summed E-state index contributed by atoms with van der Waals surface area (Å²) in [5.74, 6) is 0. The molecule has 0 radical (unpaired) electrons. The largest absolute Gasteiger partial charge is 0.249 e. The van der Waals surface area contributed by atoms with Crippen molar-refractivity contribution in [3.63, 3.8) is 0 Å². The highest BCUT2D eigenvalue weighted by Crippen LogP contribution is 2.07. The van der Waals surface area contributed by atoms with Crippen LogP contribution < -0.4 is 0 Å². The fourth-order valence-corrected chi connectivity index (χ4v) is 0.645. The van der Waals surface area contributed by atoms with E-state index < -0.39 is 37.0 Å². The number of nitrogens with zero attached hydrogens (tertiary/aromatic N) is 1. The van der Waals surface area contributed by atoms with Gasteiger partial charge in [-0.15, -0.1) is 0 Å². The van der Waals surface area contributed by atoms with Crippen molar-refractivity contribution in [1.29, 1.82) is 0 Å². The lowest BCUT2D eigenvalue weighted by Gasteiger charge is -1.93. The third-order valence-corrected chi connectivity index (χ3v) is 1.06. The molecule has 0 aliphatic heterocycles. The van der Waals surface area contributed by atoms with E-state index in [0.717, 1.165) is 0 Å². The molecule has 0 spiro atoms. The first kappa shape index (κ1) is 1.82. The normalized spacial score (nSPS) is 25.4. The van der Waals surface area contributed by atoms with E-state index in [1.807, 2.05) is 0 Å². The van der Waals surface area contributed by atoms with Crippen LogP contribution in [-0.4, -0.2) is 4.98 Å². The Morgan fingerprint density at radius 1 is 2.11 bits per heavy atom. The molecule has 1 nitrogen and oxygen atoms in total. The van der Waals surface area contributed by atoms with Gasteiger partial charge in [0.05, 0.1) is 4.11 Å². The first-order valence-corrected chi connectivity index (χ1v) is 2.93. The number of hydrogen-bond acceptors (Lipinski definition) is 1. The van der Waals surface area contributed by atoms with E-state index in [2.05, 4.69) is 20.9 Å². The number of pyridine rings is 1. The van der Waals surface area contributed by atoms with Crippen LogP contribution in [0.1, 0.15) is 23.4 Å². The first-order chi connectivity index (χ1) is 7.50. The smallest absolute Gasteiger partial charge is 0.106 e. The molecule has 0 bridgehead atoms. The lowest BCUT2D eigenvalue weighted by molar-refractivity contribution is 1.11. The van der Waals surface area contributed by atoms with Gasteiger partial charge in [-0.2, -0.15) is 0 Å². The zero-order valence-corrected chi connectivity index (χ0v) is 5.91.